The lowest BCUT2D eigenvalue weighted by molar-refractivity contribution is -0.141. The van der Waals surface area contributed by atoms with Gasteiger partial charge in [-0.15, -0.1) is 0 Å². The van der Waals surface area contributed by atoms with E-state index in [4.69, 9.17) is 11.6 Å². The summed E-state index contributed by atoms with van der Waals surface area (Å²) in [6.45, 7) is 9.34. The fraction of sp³-hybridized carbons (Fsp3) is 0.545. The van der Waals surface area contributed by atoms with Gasteiger partial charge in [0.1, 0.15) is 10.8 Å². The van der Waals surface area contributed by atoms with Crippen LogP contribution in [0.1, 0.15) is 39.0 Å². The highest BCUT2D eigenvalue weighted by Gasteiger charge is 2.34. The van der Waals surface area contributed by atoms with Gasteiger partial charge in [-0.2, -0.15) is 13.2 Å². The Bertz CT molecular complexity index is 298. The minimum Gasteiger partial charge on any atom is -0.231 e. The van der Waals surface area contributed by atoms with E-state index in [0.717, 1.165) is 0 Å². The van der Waals surface area contributed by atoms with Gasteiger partial charge in [0, 0.05) is 0 Å². The van der Waals surface area contributed by atoms with Gasteiger partial charge in [-0.25, -0.2) is 4.98 Å². The van der Waals surface area contributed by atoms with E-state index < -0.39 is 11.9 Å². The van der Waals surface area contributed by atoms with Crippen molar-refractivity contribution in [3.05, 3.63) is 28.5 Å². The van der Waals surface area contributed by atoms with Crippen LogP contribution < -0.4 is 0 Å². The first-order valence-electron chi connectivity index (χ1n) is 5.11. The van der Waals surface area contributed by atoms with Crippen molar-refractivity contribution in [2.75, 3.05) is 0 Å². The van der Waals surface area contributed by atoms with E-state index in [2.05, 4.69) is 4.98 Å². The second-order valence-corrected chi connectivity index (χ2v) is 2.68. The molecule has 0 bridgehead atoms. The first-order chi connectivity index (χ1) is 7.41. The molecule has 1 aromatic heterocycles. The molecule has 1 rings (SSSR count). The molecule has 0 aliphatic rings. The van der Waals surface area contributed by atoms with Crippen molar-refractivity contribution in [2.24, 2.45) is 0 Å². The smallest absolute Gasteiger partial charge is 0.231 e. The number of hydrogen-bond acceptors (Lipinski definition) is 1. The van der Waals surface area contributed by atoms with E-state index in [-0.39, 0.29) is 10.7 Å². The second-order valence-electron chi connectivity index (χ2n) is 2.30. The summed E-state index contributed by atoms with van der Waals surface area (Å²) in [5, 5.41) is -0.145. The van der Waals surface area contributed by atoms with Crippen LogP contribution in [0.25, 0.3) is 0 Å². The van der Waals surface area contributed by atoms with Crippen molar-refractivity contribution in [3.63, 3.8) is 0 Å². The fourth-order valence-electron chi connectivity index (χ4n) is 0.792. The van der Waals surface area contributed by atoms with Crippen LogP contribution in [0.2, 0.25) is 5.15 Å². The van der Waals surface area contributed by atoms with Crippen molar-refractivity contribution in [1.82, 2.24) is 4.98 Å². The highest BCUT2D eigenvalue weighted by molar-refractivity contribution is 6.29. The summed E-state index contributed by atoms with van der Waals surface area (Å²) in [6.07, 6.45) is -4.42. The average molecular weight is 256 g/mol. The molecule has 0 atom stereocenters. The molecule has 1 heterocycles. The third-order valence-electron chi connectivity index (χ3n) is 1.33. The average Bonchev–Trinajstić information content (AvgIpc) is 2.26. The summed E-state index contributed by atoms with van der Waals surface area (Å²) in [5.41, 5.74) is -0.845. The Morgan fingerprint density at radius 1 is 1.06 bits per heavy atom. The van der Waals surface area contributed by atoms with Crippen molar-refractivity contribution < 1.29 is 13.2 Å². The number of nitrogens with zero attached hydrogens (tertiary/aromatic N) is 1. The van der Waals surface area contributed by atoms with Crippen LogP contribution in [0.15, 0.2) is 12.1 Å². The van der Waals surface area contributed by atoms with E-state index in [1.807, 2.05) is 27.7 Å². The van der Waals surface area contributed by atoms with Crippen molar-refractivity contribution in [1.29, 1.82) is 0 Å². The minimum atomic E-state index is -4.42. The first kappa shape index (κ1) is 17.6. The summed E-state index contributed by atoms with van der Waals surface area (Å²) in [5.74, 6) is 0. The molecule has 0 N–H and O–H groups in total. The third-order valence-corrected chi connectivity index (χ3v) is 1.54. The normalized spacial score (nSPS) is 9.56. The lowest BCUT2D eigenvalue weighted by Crippen LogP contribution is -2.10. The van der Waals surface area contributed by atoms with Crippen LogP contribution in [-0.4, -0.2) is 4.98 Å². The molecule has 5 heteroatoms. The molecule has 0 aliphatic heterocycles. The Morgan fingerprint density at radius 2 is 1.50 bits per heavy atom. The number of hydrogen-bond donors (Lipinski definition) is 0. The molecule has 94 valence electrons. The number of rotatable bonds is 0. The molecule has 0 saturated carbocycles. The standard InChI is InChI=1S/C7H5ClF3N.2C2H6/c1-4-2-3-5(8)12-6(4)7(9,10)11;2*1-2/h2-3H,1H3;2*1-2H3. The lowest BCUT2D eigenvalue weighted by atomic mass is 10.2. The predicted molar refractivity (Wildman–Crippen MR) is 61.7 cm³/mol. The van der Waals surface area contributed by atoms with E-state index in [1.54, 1.807) is 0 Å². The molecule has 16 heavy (non-hydrogen) atoms. The number of aromatic nitrogens is 1. The molecule has 0 saturated heterocycles. The maximum absolute atomic E-state index is 12.1. The molecule has 1 nitrogen and oxygen atoms in total. The van der Waals surface area contributed by atoms with Gasteiger partial charge in [0.2, 0.25) is 0 Å². The summed E-state index contributed by atoms with van der Waals surface area (Å²) in [6, 6.07) is 2.62. The zero-order chi connectivity index (χ0) is 13.4. The largest absolute Gasteiger partial charge is 0.433 e. The predicted octanol–water partition coefficient (Wildman–Crippen LogP) is 5.11. The highest BCUT2D eigenvalue weighted by Crippen LogP contribution is 2.30. The van der Waals surface area contributed by atoms with E-state index in [9.17, 15) is 13.2 Å². The van der Waals surface area contributed by atoms with Gasteiger partial charge in [0.25, 0.3) is 0 Å². The zero-order valence-electron chi connectivity index (χ0n) is 10.1. The lowest BCUT2D eigenvalue weighted by Gasteiger charge is -2.08. The quantitative estimate of drug-likeness (QED) is 0.587. The Hall–Kier alpha value is -0.770. The van der Waals surface area contributed by atoms with Crippen molar-refractivity contribution in [2.45, 2.75) is 40.8 Å². The van der Waals surface area contributed by atoms with E-state index in [0.29, 0.717) is 0 Å². The number of halogens is 4. The Balaban J connectivity index is 0. The third kappa shape index (κ3) is 5.95. The molecular weight excluding hydrogens is 239 g/mol. The van der Waals surface area contributed by atoms with Gasteiger partial charge in [0.05, 0.1) is 0 Å². The Labute approximate surface area is 99.7 Å². The van der Waals surface area contributed by atoms with Crippen LogP contribution in [0.3, 0.4) is 0 Å². The molecule has 0 aliphatic carbocycles. The maximum atomic E-state index is 12.1. The molecule has 0 unspecified atom stereocenters. The minimum absolute atomic E-state index is 0.0758. The van der Waals surface area contributed by atoms with Crippen molar-refractivity contribution >= 4 is 11.6 Å². The van der Waals surface area contributed by atoms with Gasteiger partial charge in [0.15, 0.2) is 0 Å². The number of pyridine rings is 1. The molecule has 0 spiro atoms. The SMILES string of the molecule is CC.CC.Cc1ccc(Cl)nc1C(F)(F)F. The van der Waals surface area contributed by atoms with Crippen LogP contribution in [-0.2, 0) is 6.18 Å². The van der Waals surface area contributed by atoms with Crippen molar-refractivity contribution in [3.8, 4) is 0 Å². The summed E-state index contributed by atoms with van der Waals surface area (Å²) in [7, 11) is 0. The van der Waals surface area contributed by atoms with Gasteiger partial charge in [-0.1, -0.05) is 45.4 Å². The summed E-state index contributed by atoms with van der Waals surface area (Å²) in [4.78, 5) is 3.18. The monoisotopic (exact) mass is 255 g/mol. The zero-order valence-corrected chi connectivity index (χ0v) is 10.9. The molecule has 0 radical (unpaired) electrons. The Kier molecular flexibility index (Phi) is 9.24. The van der Waals surface area contributed by atoms with Crippen LogP contribution in [0, 0.1) is 6.92 Å². The van der Waals surface area contributed by atoms with E-state index in [1.165, 1.54) is 19.1 Å². The van der Waals surface area contributed by atoms with Crippen LogP contribution in [0.4, 0.5) is 13.2 Å². The fourth-order valence-corrected chi connectivity index (χ4v) is 0.939. The van der Waals surface area contributed by atoms with Crippen LogP contribution >= 0.6 is 11.6 Å². The van der Waals surface area contributed by atoms with Gasteiger partial charge < -0.3 is 0 Å². The Morgan fingerprint density at radius 3 is 1.81 bits per heavy atom. The summed E-state index contributed by atoms with van der Waals surface area (Å²) < 4.78 is 36.3. The number of alkyl halides is 3. The highest BCUT2D eigenvalue weighted by atomic mass is 35.5. The molecular formula is C11H17ClF3N. The van der Waals surface area contributed by atoms with Crippen LogP contribution in [0.5, 0.6) is 0 Å². The maximum Gasteiger partial charge on any atom is 0.433 e. The second kappa shape index (κ2) is 8.39. The molecule has 0 amide bonds. The molecule has 0 fully saturated rings. The molecule has 1 aromatic rings. The first-order valence-corrected chi connectivity index (χ1v) is 5.49. The molecule has 0 aromatic carbocycles. The van der Waals surface area contributed by atoms with Gasteiger partial charge >= 0.3 is 6.18 Å². The topological polar surface area (TPSA) is 12.9 Å². The number of aryl methyl sites for hydroxylation is 1. The van der Waals surface area contributed by atoms with Gasteiger partial charge in [-0.05, 0) is 18.6 Å². The van der Waals surface area contributed by atoms with Gasteiger partial charge in [-0.3, -0.25) is 0 Å². The summed E-state index contributed by atoms with van der Waals surface area (Å²) >= 11 is 5.31. The van der Waals surface area contributed by atoms with E-state index >= 15 is 0 Å².